The Labute approximate surface area is 174 Å². The van der Waals surface area contributed by atoms with Crippen molar-refractivity contribution in [2.75, 3.05) is 6.61 Å². The number of carbonyl (C=O) groups is 3. The SMILES string of the molecule is CC1=C(OC(=O)/C=C/c2ccccc2)C(=O)C(OC(=O)/C=C/c2ccccc2)CO1. The number of benzene rings is 2. The van der Waals surface area contributed by atoms with Gasteiger partial charge in [0, 0.05) is 12.2 Å². The molecule has 30 heavy (non-hydrogen) atoms. The van der Waals surface area contributed by atoms with E-state index in [-0.39, 0.29) is 18.1 Å². The highest BCUT2D eigenvalue weighted by molar-refractivity contribution is 6.02. The molecule has 3 rings (SSSR count). The standard InChI is InChI=1S/C24H20O6/c1-17-24(30-22(26)15-13-19-10-6-3-7-11-19)23(27)20(16-28-17)29-21(25)14-12-18-8-4-2-5-9-18/h2-15,20H,16H2,1H3/b14-12+,15-13+. The van der Waals surface area contributed by atoms with E-state index in [1.165, 1.54) is 19.1 Å². The highest BCUT2D eigenvalue weighted by atomic mass is 16.6. The van der Waals surface area contributed by atoms with Crippen LogP contribution in [-0.4, -0.2) is 30.4 Å². The fourth-order valence-electron chi connectivity index (χ4n) is 2.64. The van der Waals surface area contributed by atoms with Crippen molar-refractivity contribution >= 4 is 29.9 Å². The molecule has 0 bridgehead atoms. The maximum absolute atomic E-state index is 12.6. The van der Waals surface area contributed by atoms with Crippen molar-refractivity contribution in [2.24, 2.45) is 0 Å². The van der Waals surface area contributed by atoms with E-state index in [0.29, 0.717) is 0 Å². The van der Waals surface area contributed by atoms with Gasteiger partial charge in [-0.25, -0.2) is 9.59 Å². The van der Waals surface area contributed by atoms with Crippen LogP contribution in [0, 0.1) is 0 Å². The van der Waals surface area contributed by atoms with Crippen LogP contribution in [0.25, 0.3) is 12.2 Å². The second-order valence-electron chi connectivity index (χ2n) is 6.40. The zero-order valence-electron chi connectivity index (χ0n) is 16.3. The van der Waals surface area contributed by atoms with Gasteiger partial charge in [0.25, 0.3) is 0 Å². The van der Waals surface area contributed by atoms with E-state index in [1.54, 1.807) is 12.2 Å². The maximum atomic E-state index is 12.6. The van der Waals surface area contributed by atoms with Crippen LogP contribution in [0.4, 0.5) is 0 Å². The lowest BCUT2D eigenvalue weighted by Gasteiger charge is -2.23. The van der Waals surface area contributed by atoms with E-state index in [1.807, 2.05) is 60.7 Å². The molecule has 0 aliphatic carbocycles. The second kappa shape index (κ2) is 10.0. The molecule has 2 aromatic carbocycles. The van der Waals surface area contributed by atoms with Crippen molar-refractivity contribution in [1.29, 1.82) is 0 Å². The average Bonchev–Trinajstić information content (AvgIpc) is 2.77. The largest absolute Gasteiger partial charge is 0.490 e. The topological polar surface area (TPSA) is 78.9 Å². The van der Waals surface area contributed by atoms with Crippen molar-refractivity contribution in [1.82, 2.24) is 0 Å². The van der Waals surface area contributed by atoms with E-state index < -0.39 is 23.8 Å². The number of hydrogen-bond acceptors (Lipinski definition) is 6. The Hall–Kier alpha value is -3.93. The third kappa shape index (κ3) is 5.78. The first-order chi connectivity index (χ1) is 14.5. The van der Waals surface area contributed by atoms with Crippen LogP contribution in [0.2, 0.25) is 0 Å². The lowest BCUT2D eigenvalue weighted by molar-refractivity contribution is -0.156. The van der Waals surface area contributed by atoms with Crippen LogP contribution >= 0.6 is 0 Å². The summed E-state index contributed by atoms with van der Waals surface area (Å²) in [5.41, 5.74) is 1.62. The minimum Gasteiger partial charge on any atom is -0.490 e. The molecular weight excluding hydrogens is 384 g/mol. The Bertz CT molecular complexity index is 1000. The van der Waals surface area contributed by atoms with Crippen LogP contribution in [-0.2, 0) is 28.6 Å². The van der Waals surface area contributed by atoms with Gasteiger partial charge < -0.3 is 14.2 Å². The molecular formula is C24H20O6. The summed E-state index contributed by atoms with van der Waals surface area (Å²) in [6.45, 7) is 1.37. The van der Waals surface area contributed by atoms with Gasteiger partial charge in [-0.15, -0.1) is 0 Å². The predicted octanol–water partition coefficient (Wildman–Crippen LogP) is 3.70. The molecule has 6 heteroatoms. The molecule has 2 aromatic rings. The molecule has 152 valence electrons. The molecule has 0 amide bonds. The number of ether oxygens (including phenoxy) is 3. The summed E-state index contributed by atoms with van der Waals surface area (Å²) >= 11 is 0. The smallest absolute Gasteiger partial charge is 0.336 e. The number of Topliss-reactive ketones (excluding diaryl/α,β-unsaturated/α-hetero) is 1. The molecule has 0 fully saturated rings. The molecule has 0 saturated carbocycles. The normalized spacial score (nSPS) is 16.6. The molecule has 0 saturated heterocycles. The van der Waals surface area contributed by atoms with Crippen molar-refractivity contribution in [2.45, 2.75) is 13.0 Å². The van der Waals surface area contributed by atoms with Gasteiger partial charge in [-0.05, 0) is 30.2 Å². The van der Waals surface area contributed by atoms with Crippen LogP contribution in [0.1, 0.15) is 18.1 Å². The van der Waals surface area contributed by atoms with Crippen molar-refractivity contribution in [3.05, 3.63) is 95.5 Å². The van der Waals surface area contributed by atoms with Gasteiger partial charge in [0.1, 0.15) is 12.4 Å². The van der Waals surface area contributed by atoms with Crippen LogP contribution in [0.3, 0.4) is 0 Å². The zero-order valence-corrected chi connectivity index (χ0v) is 16.3. The van der Waals surface area contributed by atoms with E-state index >= 15 is 0 Å². The Balaban J connectivity index is 1.60. The van der Waals surface area contributed by atoms with Gasteiger partial charge >= 0.3 is 11.9 Å². The van der Waals surface area contributed by atoms with Gasteiger partial charge in [0.05, 0.1) is 0 Å². The number of esters is 2. The fourth-order valence-corrected chi connectivity index (χ4v) is 2.64. The van der Waals surface area contributed by atoms with Gasteiger partial charge in [0.2, 0.25) is 17.6 Å². The molecule has 0 spiro atoms. The van der Waals surface area contributed by atoms with E-state index in [4.69, 9.17) is 14.2 Å². The van der Waals surface area contributed by atoms with Crippen molar-refractivity contribution < 1.29 is 28.6 Å². The monoisotopic (exact) mass is 404 g/mol. The fraction of sp³-hybridized carbons (Fsp3) is 0.125. The summed E-state index contributed by atoms with van der Waals surface area (Å²) in [6.07, 6.45) is 4.39. The third-order valence-electron chi connectivity index (χ3n) is 4.17. The first kappa shape index (κ1) is 20.8. The third-order valence-corrected chi connectivity index (χ3v) is 4.17. The maximum Gasteiger partial charge on any atom is 0.336 e. The number of carbonyl (C=O) groups excluding carboxylic acids is 3. The average molecular weight is 404 g/mol. The molecule has 6 nitrogen and oxygen atoms in total. The van der Waals surface area contributed by atoms with Gasteiger partial charge in [-0.3, -0.25) is 4.79 Å². The molecule has 1 aliphatic rings. The van der Waals surface area contributed by atoms with Crippen LogP contribution in [0.15, 0.2) is 84.3 Å². The van der Waals surface area contributed by atoms with Gasteiger partial charge in [-0.1, -0.05) is 60.7 Å². The molecule has 0 aromatic heterocycles. The number of hydrogen-bond donors (Lipinski definition) is 0. The highest BCUT2D eigenvalue weighted by Gasteiger charge is 2.34. The van der Waals surface area contributed by atoms with Gasteiger partial charge in [0.15, 0.2) is 0 Å². The quantitative estimate of drug-likeness (QED) is 0.540. The molecule has 1 unspecified atom stereocenters. The first-order valence-electron chi connectivity index (χ1n) is 9.29. The Morgan fingerprint density at radius 2 is 1.43 bits per heavy atom. The summed E-state index contributed by atoms with van der Waals surface area (Å²) in [5, 5.41) is 0. The Kier molecular flexibility index (Phi) is 6.95. The predicted molar refractivity (Wildman–Crippen MR) is 111 cm³/mol. The molecule has 1 heterocycles. The summed E-state index contributed by atoms with van der Waals surface area (Å²) in [6, 6.07) is 18.4. The minimum absolute atomic E-state index is 0.142. The summed E-state index contributed by atoms with van der Waals surface area (Å²) in [7, 11) is 0. The molecule has 1 aliphatic heterocycles. The Morgan fingerprint density at radius 1 is 0.900 bits per heavy atom. The van der Waals surface area contributed by atoms with Crippen molar-refractivity contribution in [3.8, 4) is 0 Å². The summed E-state index contributed by atoms with van der Waals surface area (Å²) in [5.74, 6) is -2.17. The first-order valence-corrected chi connectivity index (χ1v) is 9.29. The van der Waals surface area contributed by atoms with E-state index in [2.05, 4.69) is 0 Å². The minimum atomic E-state index is -1.19. The van der Waals surface area contributed by atoms with E-state index in [9.17, 15) is 14.4 Å². The Morgan fingerprint density at radius 3 is 2.00 bits per heavy atom. The summed E-state index contributed by atoms with van der Waals surface area (Å²) < 4.78 is 15.7. The number of rotatable bonds is 6. The lowest BCUT2D eigenvalue weighted by Crippen LogP contribution is -2.37. The van der Waals surface area contributed by atoms with E-state index in [0.717, 1.165) is 11.1 Å². The number of allylic oxidation sites excluding steroid dienone is 1. The molecule has 1 atom stereocenters. The molecule has 0 radical (unpaired) electrons. The number of ketones is 1. The molecule has 0 N–H and O–H groups in total. The zero-order chi connectivity index (χ0) is 21.3. The highest BCUT2D eigenvalue weighted by Crippen LogP contribution is 2.20. The summed E-state index contributed by atoms with van der Waals surface area (Å²) in [4.78, 5) is 36.8. The second-order valence-corrected chi connectivity index (χ2v) is 6.40. The van der Waals surface area contributed by atoms with Crippen molar-refractivity contribution in [3.63, 3.8) is 0 Å². The van der Waals surface area contributed by atoms with Crippen LogP contribution < -0.4 is 0 Å². The lowest BCUT2D eigenvalue weighted by atomic mass is 10.1. The van der Waals surface area contributed by atoms with Gasteiger partial charge in [-0.2, -0.15) is 0 Å². The van der Waals surface area contributed by atoms with Crippen LogP contribution in [0.5, 0.6) is 0 Å².